The Morgan fingerprint density at radius 1 is 1.27 bits per heavy atom. The smallest absolute Gasteiger partial charge is 0.137 e. The van der Waals surface area contributed by atoms with Gasteiger partial charge in [-0.25, -0.2) is 4.39 Å². The van der Waals surface area contributed by atoms with E-state index in [9.17, 15) is 9.50 Å². The average molecular weight is 322 g/mol. The van der Waals surface area contributed by atoms with Crippen LogP contribution >= 0.6 is 11.3 Å². The number of quaternary nitrogens is 1. The van der Waals surface area contributed by atoms with Crippen molar-refractivity contribution in [2.45, 2.75) is 25.0 Å². The maximum Gasteiger partial charge on any atom is 0.137 e. The molecule has 22 heavy (non-hydrogen) atoms. The largest absolute Gasteiger partial charge is 0.490 e. The van der Waals surface area contributed by atoms with Crippen LogP contribution in [0.25, 0.3) is 0 Å². The Balaban J connectivity index is 1.46. The molecule has 1 aliphatic heterocycles. The summed E-state index contributed by atoms with van der Waals surface area (Å²) in [5.41, 5.74) is 0. The Hall–Kier alpha value is -1.43. The normalized spacial score (nSPS) is 23.2. The highest BCUT2D eigenvalue weighted by Gasteiger charge is 2.26. The number of aliphatic hydroxyl groups is 1. The van der Waals surface area contributed by atoms with Crippen molar-refractivity contribution in [2.75, 3.05) is 19.6 Å². The van der Waals surface area contributed by atoms with Gasteiger partial charge in [0, 0.05) is 23.8 Å². The molecule has 0 radical (unpaired) electrons. The van der Waals surface area contributed by atoms with Crippen LogP contribution in [0.4, 0.5) is 4.39 Å². The Morgan fingerprint density at radius 2 is 2.09 bits per heavy atom. The molecule has 2 heterocycles. The van der Waals surface area contributed by atoms with Crippen LogP contribution in [-0.2, 0) is 0 Å². The molecule has 0 bridgehead atoms. The number of thiophene rings is 1. The molecule has 0 aliphatic carbocycles. The van der Waals surface area contributed by atoms with E-state index in [4.69, 9.17) is 4.74 Å². The molecule has 2 aromatic rings. The van der Waals surface area contributed by atoms with E-state index in [1.54, 1.807) is 23.5 Å². The summed E-state index contributed by atoms with van der Waals surface area (Å²) in [7, 11) is 0. The van der Waals surface area contributed by atoms with E-state index >= 15 is 0 Å². The number of piperidine rings is 1. The van der Waals surface area contributed by atoms with Gasteiger partial charge in [0.2, 0.25) is 0 Å². The number of benzene rings is 1. The summed E-state index contributed by atoms with van der Waals surface area (Å²) in [6.07, 6.45) is 1.63. The van der Waals surface area contributed by atoms with E-state index in [0.717, 1.165) is 37.4 Å². The molecule has 1 atom stereocenters. The van der Waals surface area contributed by atoms with Crippen molar-refractivity contribution in [2.24, 2.45) is 0 Å². The predicted octanol–water partition coefficient (Wildman–Crippen LogP) is 2.05. The summed E-state index contributed by atoms with van der Waals surface area (Å²) in [6.45, 7) is 2.69. The lowest BCUT2D eigenvalue weighted by molar-refractivity contribution is -0.909. The van der Waals surface area contributed by atoms with E-state index < -0.39 is 0 Å². The topological polar surface area (TPSA) is 33.9 Å². The van der Waals surface area contributed by atoms with Crippen molar-refractivity contribution < 1.29 is 19.1 Å². The van der Waals surface area contributed by atoms with Crippen LogP contribution < -0.4 is 9.64 Å². The van der Waals surface area contributed by atoms with Crippen LogP contribution in [0.2, 0.25) is 0 Å². The fourth-order valence-corrected chi connectivity index (χ4v) is 3.62. The van der Waals surface area contributed by atoms with Crippen molar-refractivity contribution in [1.82, 2.24) is 0 Å². The van der Waals surface area contributed by atoms with Gasteiger partial charge in [0.25, 0.3) is 0 Å². The molecule has 0 saturated carbocycles. The third-order valence-electron chi connectivity index (χ3n) is 4.09. The van der Waals surface area contributed by atoms with Crippen LogP contribution in [-0.4, -0.2) is 30.8 Å². The third kappa shape index (κ3) is 4.06. The third-order valence-corrected chi connectivity index (χ3v) is 5.07. The van der Waals surface area contributed by atoms with Gasteiger partial charge in [-0.15, -0.1) is 11.3 Å². The summed E-state index contributed by atoms with van der Waals surface area (Å²) in [6, 6.07) is 10.3. The number of rotatable bonds is 5. The average Bonchev–Trinajstić information content (AvgIpc) is 3.04. The minimum atomic E-state index is -0.379. The molecule has 2 N–H and O–H groups in total. The monoisotopic (exact) mass is 322 g/mol. The SMILES string of the molecule is O[C@@H](C[NH+]1CCC(Oc2cccc(F)c2)CC1)c1cccs1. The number of aliphatic hydroxyl groups excluding tert-OH is 1. The van der Waals surface area contributed by atoms with Gasteiger partial charge in [0.1, 0.15) is 30.3 Å². The molecule has 1 aliphatic rings. The zero-order chi connectivity index (χ0) is 15.4. The minimum Gasteiger partial charge on any atom is -0.490 e. The van der Waals surface area contributed by atoms with E-state index in [-0.39, 0.29) is 18.0 Å². The number of hydrogen-bond donors (Lipinski definition) is 2. The van der Waals surface area contributed by atoms with Crippen molar-refractivity contribution in [1.29, 1.82) is 0 Å². The summed E-state index contributed by atoms with van der Waals surface area (Å²) >= 11 is 1.60. The van der Waals surface area contributed by atoms with Gasteiger partial charge >= 0.3 is 0 Å². The maximum atomic E-state index is 13.2. The van der Waals surface area contributed by atoms with Gasteiger partial charge in [0.05, 0.1) is 13.1 Å². The summed E-state index contributed by atoms with van der Waals surface area (Å²) < 4.78 is 19.0. The first kappa shape index (κ1) is 15.5. The lowest BCUT2D eigenvalue weighted by Gasteiger charge is -2.30. The first-order valence-corrected chi connectivity index (χ1v) is 8.56. The second-order valence-electron chi connectivity index (χ2n) is 5.76. The molecule has 1 aromatic carbocycles. The van der Waals surface area contributed by atoms with E-state index in [0.29, 0.717) is 5.75 Å². The zero-order valence-electron chi connectivity index (χ0n) is 12.4. The molecule has 118 valence electrons. The van der Waals surface area contributed by atoms with Crippen LogP contribution in [0, 0.1) is 5.82 Å². The number of nitrogens with one attached hydrogen (secondary N) is 1. The van der Waals surface area contributed by atoms with Gasteiger partial charge < -0.3 is 14.7 Å². The number of halogens is 1. The van der Waals surface area contributed by atoms with E-state index in [1.165, 1.54) is 17.0 Å². The molecule has 3 nitrogen and oxygen atoms in total. The fraction of sp³-hybridized carbons (Fsp3) is 0.412. The predicted molar refractivity (Wildman–Crippen MR) is 84.9 cm³/mol. The van der Waals surface area contributed by atoms with Gasteiger partial charge in [-0.05, 0) is 23.6 Å². The van der Waals surface area contributed by atoms with Gasteiger partial charge in [-0.2, -0.15) is 0 Å². The fourth-order valence-electron chi connectivity index (χ4n) is 2.91. The van der Waals surface area contributed by atoms with E-state index in [1.807, 2.05) is 17.5 Å². The Labute approximate surface area is 134 Å². The Kier molecular flexibility index (Phi) is 5.08. The molecule has 1 aromatic heterocycles. The van der Waals surface area contributed by atoms with Crippen LogP contribution in [0.3, 0.4) is 0 Å². The molecule has 0 unspecified atom stereocenters. The highest BCUT2D eigenvalue weighted by molar-refractivity contribution is 7.10. The van der Waals surface area contributed by atoms with E-state index in [2.05, 4.69) is 0 Å². The second kappa shape index (κ2) is 7.22. The highest BCUT2D eigenvalue weighted by atomic mass is 32.1. The van der Waals surface area contributed by atoms with Crippen molar-refractivity contribution >= 4 is 11.3 Å². The molecule has 3 rings (SSSR count). The molecule has 0 amide bonds. The van der Waals surface area contributed by atoms with Gasteiger partial charge in [-0.3, -0.25) is 0 Å². The maximum absolute atomic E-state index is 13.2. The molecular weight excluding hydrogens is 301 g/mol. The minimum absolute atomic E-state index is 0.143. The first-order valence-electron chi connectivity index (χ1n) is 7.68. The van der Waals surface area contributed by atoms with Crippen LogP contribution in [0.5, 0.6) is 5.75 Å². The lowest BCUT2D eigenvalue weighted by Crippen LogP contribution is -3.13. The highest BCUT2D eigenvalue weighted by Crippen LogP contribution is 2.19. The molecular formula is C17H21FNO2S+. The Bertz CT molecular complexity index is 582. The lowest BCUT2D eigenvalue weighted by atomic mass is 10.1. The molecule has 5 heteroatoms. The standard InChI is InChI=1S/C17H20FNO2S/c18-13-3-1-4-15(11-13)21-14-6-8-19(9-7-14)12-16(20)17-5-2-10-22-17/h1-5,10-11,14,16,20H,6-9,12H2/p+1/t16-/m0/s1. The Morgan fingerprint density at radius 3 is 2.77 bits per heavy atom. The number of likely N-dealkylation sites (tertiary alicyclic amines) is 1. The quantitative estimate of drug-likeness (QED) is 0.883. The van der Waals surface area contributed by atoms with Crippen molar-refractivity contribution in [3.05, 3.63) is 52.5 Å². The van der Waals surface area contributed by atoms with Gasteiger partial charge in [0.15, 0.2) is 0 Å². The van der Waals surface area contributed by atoms with Crippen LogP contribution in [0.1, 0.15) is 23.8 Å². The molecule has 0 spiro atoms. The number of hydrogen-bond acceptors (Lipinski definition) is 3. The molecule has 1 fully saturated rings. The number of ether oxygens (including phenoxy) is 1. The summed E-state index contributed by atoms with van der Waals surface area (Å²) in [4.78, 5) is 2.44. The first-order chi connectivity index (χ1) is 10.7. The van der Waals surface area contributed by atoms with Crippen LogP contribution in [0.15, 0.2) is 41.8 Å². The summed E-state index contributed by atoms with van der Waals surface area (Å²) in [5, 5.41) is 12.2. The zero-order valence-corrected chi connectivity index (χ0v) is 13.2. The summed E-state index contributed by atoms with van der Waals surface area (Å²) in [5.74, 6) is 0.340. The van der Waals surface area contributed by atoms with Crippen molar-refractivity contribution in [3.63, 3.8) is 0 Å². The molecule has 1 saturated heterocycles. The van der Waals surface area contributed by atoms with Gasteiger partial charge in [-0.1, -0.05) is 12.1 Å². The second-order valence-corrected chi connectivity index (χ2v) is 6.74. The van der Waals surface area contributed by atoms with Crippen molar-refractivity contribution in [3.8, 4) is 5.75 Å².